The van der Waals surface area contributed by atoms with Gasteiger partial charge in [-0.3, -0.25) is 4.57 Å². The Morgan fingerprint density at radius 2 is 1.78 bits per heavy atom. The first-order valence-electron chi connectivity index (χ1n) is 10.4. The van der Waals surface area contributed by atoms with Crippen LogP contribution in [0.4, 0.5) is 0 Å². The Kier molecular flexibility index (Phi) is 5.35. The van der Waals surface area contributed by atoms with Crippen molar-refractivity contribution in [3.63, 3.8) is 0 Å². The SMILES string of the molecule is CCOc1nc2cccc(CO)c2n1Cc1ccc(-c2ccccc2-c2nn[nH]n2)cc1. The molecule has 2 N–H and O–H groups in total. The van der Waals surface area contributed by atoms with E-state index in [1.807, 2.05) is 54.0 Å². The summed E-state index contributed by atoms with van der Waals surface area (Å²) in [7, 11) is 0. The number of hydrogen-bond donors (Lipinski definition) is 2. The Labute approximate surface area is 184 Å². The molecule has 0 bridgehead atoms. The minimum absolute atomic E-state index is 0.0552. The molecule has 5 rings (SSSR count). The van der Waals surface area contributed by atoms with Gasteiger partial charge in [-0.15, -0.1) is 10.2 Å². The third-order valence-corrected chi connectivity index (χ3v) is 5.38. The number of rotatable bonds is 7. The highest BCUT2D eigenvalue weighted by Gasteiger charge is 2.16. The molecule has 5 aromatic rings. The first-order chi connectivity index (χ1) is 15.8. The highest BCUT2D eigenvalue weighted by Crippen LogP contribution is 2.31. The van der Waals surface area contributed by atoms with E-state index in [2.05, 4.69) is 49.9 Å². The number of para-hydroxylation sites is 1. The third-order valence-electron chi connectivity index (χ3n) is 5.38. The molecule has 0 atom stereocenters. The summed E-state index contributed by atoms with van der Waals surface area (Å²) in [5.74, 6) is 0.562. The Morgan fingerprint density at radius 3 is 2.50 bits per heavy atom. The molecule has 0 saturated heterocycles. The van der Waals surface area contributed by atoms with Gasteiger partial charge in [-0.2, -0.15) is 10.2 Å². The van der Waals surface area contributed by atoms with E-state index in [4.69, 9.17) is 4.74 Å². The molecule has 2 heterocycles. The van der Waals surface area contributed by atoms with E-state index >= 15 is 0 Å². The number of aliphatic hydroxyl groups is 1. The lowest BCUT2D eigenvalue weighted by atomic mass is 9.98. The summed E-state index contributed by atoms with van der Waals surface area (Å²) in [6.45, 7) is 2.98. The maximum absolute atomic E-state index is 9.83. The van der Waals surface area contributed by atoms with Crippen LogP contribution >= 0.6 is 0 Å². The molecule has 8 heteroatoms. The van der Waals surface area contributed by atoms with Crippen LogP contribution in [0.5, 0.6) is 6.01 Å². The first kappa shape index (κ1) is 19.9. The molecule has 0 radical (unpaired) electrons. The van der Waals surface area contributed by atoms with Crippen LogP contribution in [0.1, 0.15) is 18.1 Å². The van der Waals surface area contributed by atoms with Gasteiger partial charge in [-0.1, -0.05) is 60.7 Å². The minimum atomic E-state index is -0.0552. The van der Waals surface area contributed by atoms with Crippen molar-refractivity contribution >= 4 is 11.0 Å². The normalized spacial score (nSPS) is 11.2. The van der Waals surface area contributed by atoms with Gasteiger partial charge in [0.1, 0.15) is 0 Å². The topological polar surface area (TPSA) is 102 Å². The summed E-state index contributed by atoms with van der Waals surface area (Å²) in [4.78, 5) is 4.62. The minimum Gasteiger partial charge on any atom is -0.465 e. The number of nitrogens with zero attached hydrogens (tertiary/aromatic N) is 5. The van der Waals surface area contributed by atoms with Crippen LogP contribution in [0.3, 0.4) is 0 Å². The zero-order valence-corrected chi connectivity index (χ0v) is 17.6. The number of nitrogens with one attached hydrogen (secondary N) is 1. The lowest BCUT2D eigenvalue weighted by Crippen LogP contribution is -2.06. The molecular formula is C24H22N6O2. The van der Waals surface area contributed by atoms with Crippen LogP contribution in [0.25, 0.3) is 33.5 Å². The van der Waals surface area contributed by atoms with Crippen LogP contribution in [0.15, 0.2) is 66.7 Å². The highest BCUT2D eigenvalue weighted by molar-refractivity contribution is 5.81. The lowest BCUT2D eigenvalue weighted by Gasteiger charge is -2.12. The van der Waals surface area contributed by atoms with E-state index in [9.17, 15) is 5.11 Å². The van der Waals surface area contributed by atoms with Crippen molar-refractivity contribution in [2.75, 3.05) is 6.61 Å². The molecule has 0 saturated carbocycles. The zero-order valence-electron chi connectivity index (χ0n) is 17.6. The van der Waals surface area contributed by atoms with Crippen LogP contribution < -0.4 is 4.74 Å². The number of ether oxygens (including phenoxy) is 1. The second-order valence-electron chi connectivity index (χ2n) is 7.33. The summed E-state index contributed by atoms with van der Waals surface area (Å²) in [5, 5.41) is 24.3. The number of fused-ring (bicyclic) bond motifs is 1. The van der Waals surface area contributed by atoms with Crippen LogP contribution in [0.2, 0.25) is 0 Å². The summed E-state index contributed by atoms with van der Waals surface area (Å²) in [5.41, 5.74) is 6.64. The van der Waals surface area contributed by atoms with Crippen molar-refractivity contribution in [1.29, 1.82) is 0 Å². The summed E-state index contributed by atoms with van der Waals surface area (Å²) in [6, 6.07) is 22.6. The van der Waals surface area contributed by atoms with E-state index in [0.29, 0.717) is 25.0 Å². The number of tetrazole rings is 1. The van der Waals surface area contributed by atoms with Crippen molar-refractivity contribution < 1.29 is 9.84 Å². The average Bonchev–Trinajstić information content (AvgIpc) is 3.49. The van der Waals surface area contributed by atoms with Crippen LogP contribution in [-0.2, 0) is 13.2 Å². The number of H-pyrrole nitrogens is 1. The molecule has 160 valence electrons. The van der Waals surface area contributed by atoms with Gasteiger partial charge in [0, 0.05) is 11.1 Å². The molecule has 2 aromatic heterocycles. The van der Waals surface area contributed by atoms with Gasteiger partial charge in [0.25, 0.3) is 6.01 Å². The molecule has 0 aliphatic heterocycles. The summed E-state index contributed by atoms with van der Waals surface area (Å²) < 4.78 is 7.81. The number of imidazole rings is 1. The Balaban J connectivity index is 1.51. The molecule has 0 fully saturated rings. The van der Waals surface area contributed by atoms with Gasteiger partial charge in [-0.05, 0) is 34.9 Å². The fourth-order valence-electron chi connectivity index (χ4n) is 3.93. The number of hydrogen-bond acceptors (Lipinski definition) is 6. The van der Waals surface area contributed by atoms with E-state index < -0.39 is 0 Å². The largest absolute Gasteiger partial charge is 0.465 e. The van der Waals surface area contributed by atoms with Gasteiger partial charge in [0.15, 0.2) is 0 Å². The monoisotopic (exact) mass is 426 g/mol. The van der Waals surface area contributed by atoms with Gasteiger partial charge >= 0.3 is 0 Å². The zero-order chi connectivity index (χ0) is 21.9. The van der Waals surface area contributed by atoms with Crippen molar-refractivity contribution in [1.82, 2.24) is 30.2 Å². The predicted octanol–water partition coefficient (Wildman–Crippen LogP) is 3.82. The molecule has 0 aliphatic carbocycles. The fraction of sp³-hybridized carbons (Fsp3) is 0.167. The molecule has 3 aromatic carbocycles. The lowest BCUT2D eigenvalue weighted by molar-refractivity contribution is 0.282. The summed E-state index contributed by atoms with van der Waals surface area (Å²) in [6.07, 6.45) is 0. The Bertz CT molecular complexity index is 1340. The van der Waals surface area contributed by atoms with Crippen LogP contribution in [-0.4, -0.2) is 41.9 Å². The maximum atomic E-state index is 9.83. The molecule has 32 heavy (non-hydrogen) atoms. The van der Waals surface area contributed by atoms with E-state index in [-0.39, 0.29) is 6.61 Å². The molecule has 0 amide bonds. The van der Waals surface area contributed by atoms with Gasteiger partial charge in [0.05, 0.1) is 30.8 Å². The number of benzene rings is 3. The van der Waals surface area contributed by atoms with E-state index in [1.165, 1.54) is 0 Å². The van der Waals surface area contributed by atoms with Gasteiger partial charge in [-0.25, -0.2) is 0 Å². The second kappa shape index (κ2) is 8.60. The second-order valence-corrected chi connectivity index (χ2v) is 7.33. The third kappa shape index (κ3) is 3.61. The molecule has 8 nitrogen and oxygen atoms in total. The van der Waals surface area contributed by atoms with Crippen molar-refractivity contribution in [2.24, 2.45) is 0 Å². The number of aromatic amines is 1. The van der Waals surface area contributed by atoms with Crippen LogP contribution in [0, 0.1) is 0 Å². The standard InChI is InChI=1S/C24H22N6O2/c1-2-32-24-25-21-9-5-6-18(15-31)22(21)30(24)14-16-10-12-17(13-11-16)19-7-3-4-8-20(19)23-26-28-29-27-23/h3-13,31H,2,14-15H2,1H3,(H,26,27,28,29). The van der Waals surface area contributed by atoms with E-state index in [1.54, 1.807) is 0 Å². The first-order valence-corrected chi connectivity index (χ1v) is 10.4. The number of aliphatic hydroxyl groups excluding tert-OH is 1. The average molecular weight is 426 g/mol. The van der Waals surface area contributed by atoms with Crippen molar-refractivity contribution in [2.45, 2.75) is 20.1 Å². The Morgan fingerprint density at radius 1 is 0.969 bits per heavy atom. The van der Waals surface area contributed by atoms with Crippen molar-refractivity contribution in [3.05, 3.63) is 77.9 Å². The molecular weight excluding hydrogens is 404 g/mol. The smallest absolute Gasteiger partial charge is 0.297 e. The number of aromatic nitrogens is 6. The summed E-state index contributed by atoms with van der Waals surface area (Å²) >= 11 is 0. The van der Waals surface area contributed by atoms with E-state index in [0.717, 1.165) is 38.9 Å². The Hall–Kier alpha value is -4.04. The molecule has 0 unspecified atom stereocenters. The van der Waals surface area contributed by atoms with Crippen molar-refractivity contribution in [3.8, 4) is 28.5 Å². The maximum Gasteiger partial charge on any atom is 0.297 e. The quantitative estimate of drug-likeness (QED) is 0.410. The molecule has 0 aliphatic rings. The molecule has 0 spiro atoms. The highest BCUT2D eigenvalue weighted by atomic mass is 16.5. The van der Waals surface area contributed by atoms with Gasteiger partial charge < -0.3 is 9.84 Å². The predicted molar refractivity (Wildman–Crippen MR) is 121 cm³/mol. The fourth-order valence-corrected chi connectivity index (χ4v) is 3.93. The van der Waals surface area contributed by atoms with Gasteiger partial charge in [0.2, 0.25) is 5.82 Å².